The zero-order valence-corrected chi connectivity index (χ0v) is 12.2. The molecule has 1 aromatic heterocycles. The van der Waals surface area contributed by atoms with Crippen molar-refractivity contribution in [3.8, 4) is 0 Å². The number of nitrogens with one attached hydrogen (secondary N) is 2. The number of rotatable bonds is 6. The molecule has 1 aromatic carbocycles. The largest absolute Gasteiger partial charge is 0.378 e. The van der Waals surface area contributed by atoms with E-state index >= 15 is 0 Å². The van der Waals surface area contributed by atoms with Gasteiger partial charge in [0.1, 0.15) is 6.33 Å². The molecular formula is C12H17N5O2S. The Balaban J connectivity index is 2.01. The van der Waals surface area contributed by atoms with Crippen molar-refractivity contribution in [3.05, 3.63) is 36.4 Å². The van der Waals surface area contributed by atoms with Crippen molar-refractivity contribution in [2.45, 2.75) is 18.4 Å². The predicted molar refractivity (Wildman–Crippen MR) is 75.6 cm³/mol. The van der Waals surface area contributed by atoms with Gasteiger partial charge >= 0.3 is 0 Å². The van der Waals surface area contributed by atoms with Crippen molar-refractivity contribution in [2.75, 3.05) is 11.9 Å². The van der Waals surface area contributed by atoms with Crippen LogP contribution in [0.15, 0.2) is 35.5 Å². The smallest absolute Gasteiger partial charge is 0.240 e. The lowest BCUT2D eigenvalue weighted by atomic mass is 10.3. The summed E-state index contributed by atoms with van der Waals surface area (Å²) in [4.78, 5) is 4.35. The van der Waals surface area contributed by atoms with E-state index < -0.39 is 10.0 Å². The lowest BCUT2D eigenvalue weighted by Crippen LogP contribution is -2.23. The first kappa shape index (κ1) is 14.5. The van der Waals surface area contributed by atoms with Crippen LogP contribution >= 0.6 is 0 Å². The number of aromatic nitrogens is 3. The van der Waals surface area contributed by atoms with Gasteiger partial charge < -0.3 is 5.32 Å². The van der Waals surface area contributed by atoms with E-state index in [4.69, 9.17) is 0 Å². The standard InChI is InChI=1S/C12H17N5O2S/c1-3-15-20(18,19)11-6-4-10(5-7-11)13-8-12-14-9-17(2)16-12/h4-7,9,13,15H,3,8H2,1-2H3. The van der Waals surface area contributed by atoms with Crippen LogP contribution in [-0.2, 0) is 23.6 Å². The van der Waals surface area contributed by atoms with Gasteiger partial charge in [-0.25, -0.2) is 18.1 Å². The van der Waals surface area contributed by atoms with Gasteiger partial charge in [0.05, 0.1) is 11.4 Å². The highest BCUT2D eigenvalue weighted by molar-refractivity contribution is 7.89. The minimum absolute atomic E-state index is 0.251. The fourth-order valence-corrected chi connectivity index (χ4v) is 2.71. The molecular weight excluding hydrogens is 278 g/mol. The Morgan fingerprint density at radius 3 is 2.50 bits per heavy atom. The van der Waals surface area contributed by atoms with E-state index in [1.807, 2.05) is 0 Å². The maximum absolute atomic E-state index is 11.8. The number of hydrogen-bond acceptors (Lipinski definition) is 5. The summed E-state index contributed by atoms with van der Waals surface area (Å²) in [5, 5.41) is 7.28. The molecule has 0 aliphatic heterocycles. The molecule has 0 saturated carbocycles. The van der Waals surface area contributed by atoms with Crippen LogP contribution in [0.4, 0.5) is 5.69 Å². The molecule has 7 nitrogen and oxygen atoms in total. The molecule has 2 N–H and O–H groups in total. The molecule has 0 bridgehead atoms. The Kier molecular flexibility index (Phi) is 4.35. The molecule has 0 aliphatic carbocycles. The molecule has 2 rings (SSSR count). The molecule has 108 valence electrons. The topological polar surface area (TPSA) is 88.9 Å². The molecule has 0 fully saturated rings. The second-order valence-corrected chi connectivity index (χ2v) is 5.98. The minimum Gasteiger partial charge on any atom is -0.378 e. The van der Waals surface area contributed by atoms with Gasteiger partial charge in [-0.2, -0.15) is 5.10 Å². The number of sulfonamides is 1. The molecule has 0 aliphatic rings. The Bertz CT molecular complexity index is 663. The first-order chi connectivity index (χ1) is 9.51. The molecule has 0 spiro atoms. The van der Waals surface area contributed by atoms with Crippen LogP contribution in [0, 0.1) is 0 Å². The quantitative estimate of drug-likeness (QED) is 0.820. The van der Waals surface area contributed by atoms with E-state index in [-0.39, 0.29) is 4.90 Å². The van der Waals surface area contributed by atoms with Gasteiger partial charge in [-0.15, -0.1) is 0 Å². The Morgan fingerprint density at radius 2 is 1.95 bits per heavy atom. The number of aryl methyl sites for hydroxylation is 1. The van der Waals surface area contributed by atoms with Gasteiger partial charge in [0.25, 0.3) is 0 Å². The van der Waals surface area contributed by atoms with E-state index in [1.54, 1.807) is 49.2 Å². The minimum atomic E-state index is -3.40. The van der Waals surface area contributed by atoms with Gasteiger partial charge in [0.2, 0.25) is 10.0 Å². The summed E-state index contributed by atoms with van der Waals surface area (Å²) in [5.41, 5.74) is 0.813. The summed E-state index contributed by atoms with van der Waals surface area (Å²) in [6.07, 6.45) is 1.63. The third kappa shape index (κ3) is 3.55. The number of hydrogen-bond donors (Lipinski definition) is 2. The Morgan fingerprint density at radius 1 is 1.25 bits per heavy atom. The van der Waals surface area contributed by atoms with Crippen LogP contribution < -0.4 is 10.0 Å². The molecule has 1 heterocycles. The van der Waals surface area contributed by atoms with Crippen LogP contribution in [0.5, 0.6) is 0 Å². The van der Waals surface area contributed by atoms with E-state index in [2.05, 4.69) is 20.1 Å². The predicted octanol–water partition coefficient (Wildman–Crippen LogP) is 0.725. The van der Waals surface area contributed by atoms with Gasteiger partial charge in [-0.05, 0) is 24.3 Å². The first-order valence-corrected chi connectivity index (χ1v) is 7.67. The van der Waals surface area contributed by atoms with Gasteiger partial charge in [-0.1, -0.05) is 6.92 Å². The summed E-state index contributed by atoms with van der Waals surface area (Å²) < 4.78 is 27.6. The van der Waals surface area contributed by atoms with Crippen molar-refractivity contribution in [1.29, 1.82) is 0 Å². The summed E-state index contributed by atoms with van der Waals surface area (Å²) in [7, 11) is -1.59. The Hall–Kier alpha value is -1.93. The van der Waals surface area contributed by atoms with E-state index in [0.29, 0.717) is 18.9 Å². The molecule has 0 atom stereocenters. The van der Waals surface area contributed by atoms with Crippen LogP contribution in [-0.4, -0.2) is 29.7 Å². The molecule has 8 heteroatoms. The second-order valence-electron chi connectivity index (χ2n) is 4.21. The van der Waals surface area contributed by atoms with Crippen LogP contribution in [0.2, 0.25) is 0 Å². The van der Waals surface area contributed by atoms with Gasteiger partial charge in [-0.3, -0.25) is 4.68 Å². The van der Waals surface area contributed by atoms with E-state index in [0.717, 1.165) is 5.69 Å². The highest BCUT2D eigenvalue weighted by atomic mass is 32.2. The third-order valence-corrected chi connectivity index (χ3v) is 4.16. The maximum atomic E-state index is 11.8. The zero-order chi connectivity index (χ0) is 14.6. The van der Waals surface area contributed by atoms with Crippen LogP contribution in [0.25, 0.3) is 0 Å². The molecule has 2 aromatic rings. The fourth-order valence-electron chi connectivity index (χ4n) is 1.67. The fraction of sp³-hybridized carbons (Fsp3) is 0.333. The summed E-state index contributed by atoms with van der Waals surface area (Å²) >= 11 is 0. The van der Waals surface area contributed by atoms with Crippen molar-refractivity contribution < 1.29 is 8.42 Å². The molecule has 20 heavy (non-hydrogen) atoms. The monoisotopic (exact) mass is 295 g/mol. The highest BCUT2D eigenvalue weighted by Gasteiger charge is 2.11. The third-order valence-electron chi connectivity index (χ3n) is 2.60. The number of benzene rings is 1. The van der Waals surface area contributed by atoms with Crippen molar-refractivity contribution in [3.63, 3.8) is 0 Å². The SMILES string of the molecule is CCNS(=O)(=O)c1ccc(NCc2ncn(C)n2)cc1. The zero-order valence-electron chi connectivity index (χ0n) is 11.4. The van der Waals surface area contributed by atoms with Gasteiger partial charge in [0.15, 0.2) is 5.82 Å². The normalized spacial score (nSPS) is 11.5. The number of nitrogens with zero attached hydrogens (tertiary/aromatic N) is 3. The van der Waals surface area contributed by atoms with Gasteiger partial charge in [0, 0.05) is 19.3 Å². The summed E-state index contributed by atoms with van der Waals surface area (Å²) in [6, 6.07) is 6.55. The average molecular weight is 295 g/mol. The molecule has 0 saturated heterocycles. The maximum Gasteiger partial charge on any atom is 0.240 e. The number of anilines is 1. The highest BCUT2D eigenvalue weighted by Crippen LogP contribution is 2.14. The lowest BCUT2D eigenvalue weighted by Gasteiger charge is -2.07. The Labute approximate surface area is 118 Å². The van der Waals surface area contributed by atoms with Crippen LogP contribution in [0.1, 0.15) is 12.7 Å². The average Bonchev–Trinajstić information content (AvgIpc) is 2.83. The second kappa shape index (κ2) is 6.02. The van der Waals surface area contributed by atoms with Crippen LogP contribution in [0.3, 0.4) is 0 Å². The molecule has 0 amide bonds. The van der Waals surface area contributed by atoms with Crippen molar-refractivity contribution >= 4 is 15.7 Å². The van der Waals surface area contributed by atoms with Crippen molar-refractivity contribution in [1.82, 2.24) is 19.5 Å². The molecule has 0 unspecified atom stereocenters. The lowest BCUT2D eigenvalue weighted by molar-refractivity contribution is 0.584. The van der Waals surface area contributed by atoms with E-state index in [9.17, 15) is 8.42 Å². The molecule has 0 radical (unpaired) electrons. The summed E-state index contributed by atoms with van der Waals surface area (Å²) in [5.74, 6) is 0.678. The van der Waals surface area contributed by atoms with E-state index in [1.165, 1.54) is 0 Å². The first-order valence-electron chi connectivity index (χ1n) is 6.19. The summed E-state index contributed by atoms with van der Waals surface area (Å²) in [6.45, 7) is 2.60. The van der Waals surface area contributed by atoms with Crippen molar-refractivity contribution in [2.24, 2.45) is 7.05 Å².